The second-order valence-corrected chi connectivity index (χ2v) is 18.0. The quantitative estimate of drug-likeness (QED) is 0.319. The van der Waals surface area contributed by atoms with Crippen LogP contribution in [-0.4, -0.2) is 33.3 Å². The van der Waals surface area contributed by atoms with Crippen molar-refractivity contribution >= 4 is 20.1 Å². The SMILES string of the molecule is COC(=O)CC[C@@H](C)[C@H]1CC[C@H]2[C@@H]3C(=O)CC4C[C@H](O[Si](C)(C)C)CC[C@]4(C)[C@H]3CC[C@]12C. The minimum absolute atomic E-state index is 0.0969. The van der Waals surface area contributed by atoms with Gasteiger partial charge in [0.25, 0.3) is 0 Å². The Bertz CT molecular complexity index is 759. The molecule has 0 aliphatic heterocycles. The number of hydrogen-bond acceptors (Lipinski definition) is 4. The Morgan fingerprint density at radius 1 is 1.06 bits per heavy atom. The van der Waals surface area contributed by atoms with Crippen molar-refractivity contribution in [1.29, 1.82) is 0 Å². The molecular weight excluding hydrogens is 428 g/mol. The lowest BCUT2D eigenvalue weighted by Gasteiger charge is -2.60. The van der Waals surface area contributed by atoms with Crippen molar-refractivity contribution < 1.29 is 18.8 Å². The van der Waals surface area contributed by atoms with E-state index in [1.54, 1.807) is 0 Å². The van der Waals surface area contributed by atoms with Gasteiger partial charge in [0.1, 0.15) is 5.78 Å². The maximum atomic E-state index is 13.7. The highest BCUT2D eigenvalue weighted by Crippen LogP contribution is 2.67. The summed E-state index contributed by atoms with van der Waals surface area (Å²) < 4.78 is 11.4. The van der Waals surface area contributed by atoms with E-state index in [9.17, 15) is 9.59 Å². The zero-order chi connectivity index (χ0) is 24.2. The third-order valence-electron chi connectivity index (χ3n) is 10.7. The molecule has 0 saturated heterocycles. The fourth-order valence-electron chi connectivity index (χ4n) is 9.12. The van der Waals surface area contributed by atoms with Crippen LogP contribution in [0.25, 0.3) is 0 Å². The van der Waals surface area contributed by atoms with Gasteiger partial charge >= 0.3 is 5.97 Å². The number of fused-ring (bicyclic) bond motifs is 5. The summed E-state index contributed by atoms with van der Waals surface area (Å²) in [5.41, 5.74) is 0.543. The molecule has 4 aliphatic rings. The van der Waals surface area contributed by atoms with Crippen molar-refractivity contribution in [2.75, 3.05) is 7.11 Å². The molecule has 0 heterocycles. The Morgan fingerprint density at radius 3 is 2.39 bits per heavy atom. The highest BCUT2D eigenvalue weighted by atomic mass is 28.4. The first-order valence-corrected chi connectivity index (χ1v) is 17.1. The molecule has 9 atom stereocenters. The van der Waals surface area contributed by atoms with Gasteiger partial charge in [-0.25, -0.2) is 0 Å². The van der Waals surface area contributed by atoms with Gasteiger partial charge in [0.2, 0.25) is 0 Å². The Kier molecular flexibility index (Phi) is 6.99. The molecular formula is C28H48O4Si. The van der Waals surface area contributed by atoms with Crippen LogP contribution in [0.1, 0.15) is 85.0 Å². The number of rotatable bonds is 6. The average Bonchev–Trinajstić information content (AvgIpc) is 3.09. The molecule has 188 valence electrons. The number of methoxy groups -OCH3 is 1. The maximum absolute atomic E-state index is 13.7. The van der Waals surface area contributed by atoms with Crippen molar-refractivity contribution in [1.82, 2.24) is 0 Å². The lowest BCUT2D eigenvalue weighted by Crippen LogP contribution is -2.57. The van der Waals surface area contributed by atoms with Crippen molar-refractivity contribution in [2.45, 2.75) is 111 Å². The van der Waals surface area contributed by atoms with Crippen LogP contribution >= 0.6 is 0 Å². The number of Topliss-reactive ketones (excluding diaryl/α,β-unsaturated/α-hetero) is 1. The summed E-state index contributed by atoms with van der Waals surface area (Å²) in [6.07, 6.45) is 10.9. The fourth-order valence-corrected chi connectivity index (χ4v) is 10.3. The summed E-state index contributed by atoms with van der Waals surface area (Å²) in [6.45, 7) is 14.2. The van der Waals surface area contributed by atoms with Gasteiger partial charge in [-0.05, 0) is 111 Å². The van der Waals surface area contributed by atoms with Crippen LogP contribution in [0.5, 0.6) is 0 Å². The molecule has 0 aromatic heterocycles. The standard InChI is InChI=1S/C28H48O4Si/c1-18(8-11-25(30)31-4)21-9-10-22-26-23(13-15-28(21,22)3)27(2)14-12-20(32-33(5,6)7)16-19(27)17-24(26)29/h18-23,26H,8-17H2,1-7H3/t18-,19?,20-,21-,22+,23+,26+,27+,28-/m1/s1. The number of carbonyl (C=O) groups is 2. The van der Waals surface area contributed by atoms with Gasteiger partial charge in [-0.2, -0.15) is 0 Å². The van der Waals surface area contributed by atoms with Crippen molar-refractivity contribution in [2.24, 2.45) is 46.3 Å². The van der Waals surface area contributed by atoms with E-state index in [0.29, 0.717) is 53.3 Å². The second kappa shape index (κ2) is 9.08. The predicted octanol–water partition coefficient (Wildman–Crippen LogP) is 6.63. The first-order chi connectivity index (χ1) is 15.4. The van der Waals surface area contributed by atoms with Crippen LogP contribution in [0.3, 0.4) is 0 Å². The number of carbonyl (C=O) groups excluding carboxylic acids is 2. The predicted molar refractivity (Wildman–Crippen MR) is 134 cm³/mol. The van der Waals surface area contributed by atoms with Crippen LogP contribution in [0.15, 0.2) is 0 Å². The van der Waals surface area contributed by atoms with Gasteiger partial charge in [0.15, 0.2) is 8.32 Å². The van der Waals surface area contributed by atoms with Crippen LogP contribution in [0.2, 0.25) is 19.6 Å². The number of hydrogen-bond donors (Lipinski definition) is 0. The molecule has 5 heteroatoms. The minimum Gasteiger partial charge on any atom is -0.469 e. The molecule has 0 N–H and O–H groups in total. The van der Waals surface area contributed by atoms with E-state index in [1.165, 1.54) is 45.6 Å². The third-order valence-corrected chi connectivity index (χ3v) is 11.8. The molecule has 0 bridgehead atoms. The van der Waals surface area contributed by atoms with Gasteiger partial charge in [-0.15, -0.1) is 0 Å². The molecule has 1 unspecified atom stereocenters. The first-order valence-electron chi connectivity index (χ1n) is 13.7. The van der Waals surface area contributed by atoms with Gasteiger partial charge in [0.05, 0.1) is 7.11 Å². The summed E-state index contributed by atoms with van der Waals surface area (Å²) in [5.74, 6) is 3.44. The monoisotopic (exact) mass is 476 g/mol. The Labute approximate surface area is 203 Å². The molecule has 4 rings (SSSR count). The summed E-state index contributed by atoms with van der Waals surface area (Å²) in [5, 5.41) is 0. The minimum atomic E-state index is -1.55. The van der Waals surface area contributed by atoms with Crippen molar-refractivity contribution in [3.05, 3.63) is 0 Å². The Balaban J connectivity index is 1.49. The van der Waals surface area contributed by atoms with Gasteiger partial charge in [-0.3, -0.25) is 9.59 Å². The van der Waals surface area contributed by atoms with E-state index in [-0.39, 0.29) is 17.3 Å². The van der Waals surface area contributed by atoms with Crippen LogP contribution in [0, 0.1) is 46.3 Å². The first kappa shape index (κ1) is 25.4. The highest BCUT2D eigenvalue weighted by molar-refractivity contribution is 6.69. The Hall–Kier alpha value is -0.683. The van der Waals surface area contributed by atoms with Gasteiger partial charge < -0.3 is 9.16 Å². The van der Waals surface area contributed by atoms with E-state index in [4.69, 9.17) is 9.16 Å². The molecule has 0 radical (unpaired) electrons. The summed E-state index contributed by atoms with van der Waals surface area (Å²) >= 11 is 0. The van der Waals surface area contributed by atoms with E-state index >= 15 is 0 Å². The third kappa shape index (κ3) is 4.62. The molecule has 0 spiro atoms. The molecule has 4 saturated carbocycles. The van der Waals surface area contributed by atoms with Crippen LogP contribution in [0.4, 0.5) is 0 Å². The molecule has 4 aliphatic carbocycles. The van der Waals surface area contributed by atoms with E-state index in [1.807, 2.05) is 0 Å². The molecule has 0 amide bonds. The molecule has 4 fully saturated rings. The summed E-state index contributed by atoms with van der Waals surface area (Å²) in [4.78, 5) is 25.5. The smallest absolute Gasteiger partial charge is 0.305 e. The van der Waals surface area contributed by atoms with Gasteiger partial charge in [0, 0.05) is 24.9 Å². The normalized spacial score (nSPS) is 43.9. The van der Waals surface area contributed by atoms with E-state index in [0.717, 1.165) is 19.3 Å². The highest BCUT2D eigenvalue weighted by Gasteiger charge is 2.63. The van der Waals surface area contributed by atoms with Gasteiger partial charge in [-0.1, -0.05) is 20.8 Å². The topological polar surface area (TPSA) is 52.6 Å². The second-order valence-electron chi connectivity index (χ2n) is 13.6. The largest absolute Gasteiger partial charge is 0.469 e. The average molecular weight is 477 g/mol. The molecule has 4 nitrogen and oxygen atoms in total. The zero-order valence-corrected chi connectivity index (χ0v) is 23.2. The Morgan fingerprint density at radius 2 is 1.73 bits per heavy atom. The van der Waals surface area contributed by atoms with Crippen LogP contribution < -0.4 is 0 Å². The summed E-state index contributed by atoms with van der Waals surface area (Å²) in [6, 6.07) is 0. The zero-order valence-electron chi connectivity index (χ0n) is 22.2. The number of esters is 1. The maximum Gasteiger partial charge on any atom is 0.305 e. The lowest BCUT2D eigenvalue weighted by atomic mass is 9.44. The molecule has 33 heavy (non-hydrogen) atoms. The van der Waals surface area contributed by atoms with Crippen molar-refractivity contribution in [3.8, 4) is 0 Å². The van der Waals surface area contributed by atoms with E-state index in [2.05, 4.69) is 40.4 Å². The fraction of sp³-hybridized carbons (Fsp3) is 0.929. The van der Waals surface area contributed by atoms with Crippen molar-refractivity contribution in [3.63, 3.8) is 0 Å². The molecule has 0 aromatic carbocycles. The van der Waals surface area contributed by atoms with E-state index < -0.39 is 8.32 Å². The number of ketones is 1. The lowest BCUT2D eigenvalue weighted by molar-refractivity contribution is -0.160. The molecule has 0 aromatic rings. The van der Waals surface area contributed by atoms with Crippen LogP contribution in [-0.2, 0) is 18.8 Å². The number of ether oxygens (including phenoxy) is 1. The summed E-state index contributed by atoms with van der Waals surface area (Å²) in [7, 11) is -0.0731.